The van der Waals surface area contributed by atoms with E-state index in [9.17, 15) is 0 Å². The Morgan fingerprint density at radius 1 is 1.05 bits per heavy atom. The Bertz CT molecular complexity index is 542. The van der Waals surface area contributed by atoms with Crippen LogP contribution < -0.4 is 11.1 Å². The van der Waals surface area contributed by atoms with E-state index in [1.165, 1.54) is 22.4 Å². The third-order valence-corrected chi connectivity index (χ3v) is 3.39. The molecule has 0 fully saturated rings. The van der Waals surface area contributed by atoms with Gasteiger partial charge >= 0.3 is 0 Å². The van der Waals surface area contributed by atoms with Crippen molar-refractivity contribution in [3.63, 3.8) is 0 Å². The molecular weight excluding hydrogens is 232 g/mol. The Kier molecular flexibility index (Phi) is 4.10. The van der Waals surface area contributed by atoms with Crippen LogP contribution >= 0.6 is 0 Å². The summed E-state index contributed by atoms with van der Waals surface area (Å²) in [5, 5.41) is 3.50. The van der Waals surface area contributed by atoms with Crippen LogP contribution in [0.3, 0.4) is 0 Å². The van der Waals surface area contributed by atoms with E-state index in [1.807, 2.05) is 12.1 Å². The molecular formula is C17H22N2. The summed E-state index contributed by atoms with van der Waals surface area (Å²) in [5.74, 6) is 0.553. The van der Waals surface area contributed by atoms with Gasteiger partial charge in [-0.25, -0.2) is 0 Å². The minimum absolute atomic E-state index is 0.553. The molecule has 0 saturated carbocycles. The van der Waals surface area contributed by atoms with Gasteiger partial charge in [-0.2, -0.15) is 0 Å². The van der Waals surface area contributed by atoms with Gasteiger partial charge in [0.15, 0.2) is 0 Å². The summed E-state index contributed by atoms with van der Waals surface area (Å²) in [6, 6.07) is 14.6. The Balaban J connectivity index is 2.10. The molecule has 19 heavy (non-hydrogen) atoms. The molecule has 2 aromatic rings. The van der Waals surface area contributed by atoms with Crippen molar-refractivity contribution in [3.8, 4) is 0 Å². The van der Waals surface area contributed by atoms with Crippen LogP contribution in [0.2, 0.25) is 0 Å². The smallest absolute Gasteiger partial charge is 0.0400 e. The van der Waals surface area contributed by atoms with Gasteiger partial charge in [0.1, 0.15) is 0 Å². The molecule has 0 aliphatic rings. The second-order valence-corrected chi connectivity index (χ2v) is 5.32. The molecule has 0 aliphatic carbocycles. The summed E-state index contributed by atoms with van der Waals surface area (Å²) in [5.41, 5.74) is 11.6. The van der Waals surface area contributed by atoms with Crippen molar-refractivity contribution in [1.29, 1.82) is 0 Å². The van der Waals surface area contributed by atoms with Gasteiger partial charge < -0.3 is 11.1 Å². The maximum atomic E-state index is 5.69. The van der Waals surface area contributed by atoms with E-state index in [0.29, 0.717) is 5.92 Å². The molecule has 2 heteroatoms. The van der Waals surface area contributed by atoms with Crippen LogP contribution in [0.5, 0.6) is 0 Å². The fourth-order valence-electron chi connectivity index (χ4n) is 2.02. The quantitative estimate of drug-likeness (QED) is 0.798. The Morgan fingerprint density at radius 2 is 1.74 bits per heavy atom. The SMILES string of the molecule is Cc1ccc(C(C)C)cc1NCc1ccc(N)cc1. The van der Waals surface area contributed by atoms with Crippen molar-refractivity contribution >= 4 is 11.4 Å². The van der Waals surface area contributed by atoms with Gasteiger partial charge in [0, 0.05) is 17.9 Å². The highest BCUT2D eigenvalue weighted by molar-refractivity contribution is 5.53. The molecule has 100 valence electrons. The lowest BCUT2D eigenvalue weighted by molar-refractivity contribution is 0.866. The van der Waals surface area contributed by atoms with Crippen LogP contribution in [0.25, 0.3) is 0 Å². The summed E-state index contributed by atoms with van der Waals surface area (Å²) >= 11 is 0. The predicted molar refractivity (Wildman–Crippen MR) is 83.4 cm³/mol. The monoisotopic (exact) mass is 254 g/mol. The highest BCUT2D eigenvalue weighted by Crippen LogP contribution is 2.22. The molecule has 0 atom stereocenters. The third-order valence-electron chi connectivity index (χ3n) is 3.39. The van der Waals surface area contributed by atoms with Gasteiger partial charge in [-0.05, 0) is 47.7 Å². The van der Waals surface area contributed by atoms with E-state index in [-0.39, 0.29) is 0 Å². The molecule has 0 aliphatic heterocycles. The zero-order chi connectivity index (χ0) is 13.8. The molecule has 0 aromatic heterocycles. The average molecular weight is 254 g/mol. The van der Waals surface area contributed by atoms with Crippen LogP contribution in [0.1, 0.15) is 36.5 Å². The van der Waals surface area contributed by atoms with E-state index in [0.717, 1.165) is 12.2 Å². The van der Waals surface area contributed by atoms with E-state index in [1.54, 1.807) is 0 Å². The lowest BCUT2D eigenvalue weighted by Crippen LogP contribution is -2.02. The molecule has 0 unspecified atom stereocenters. The molecule has 0 heterocycles. The molecule has 0 saturated heterocycles. The Hall–Kier alpha value is -1.96. The summed E-state index contributed by atoms with van der Waals surface area (Å²) in [6.07, 6.45) is 0. The largest absolute Gasteiger partial charge is 0.399 e. The van der Waals surface area contributed by atoms with Crippen molar-refractivity contribution in [2.45, 2.75) is 33.2 Å². The molecule has 2 rings (SSSR count). The first-order valence-corrected chi connectivity index (χ1v) is 6.75. The van der Waals surface area contributed by atoms with Crippen LogP contribution in [0.4, 0.5) is 11.4 Å². The number of nitrogens with two attached hydrogens (primary N) is 1. The van der Waals surface area contributed by atoms with Crippen molar-refractivity contribution in [3.05, 3.63) is 59.2 Å². The molecule has 0 bridgehead atoms. The first-order chi connectivity index (χ1) is 9.06. The number of benzene rings is 2. The minimum Gasteiger partial charge on any atom is -0.399 e. The predicted octanol–water partition coefficient (Wildman–Crippen LogP) is 4.31. The zero-order valence-corrected chi connectivity index (χ0v) is 11.9. The fourth-order valence-corrected chi connectivity index (χ4v) is 2.02. The number of anilines is 2. The maximum absolute atomic E-state index is 5.69. The molecule has 0 spiro atoms. The molecule has 2 nitrogen and oxygen atoms in total. The second-order valence-electron chi connectivity index (χ2n) is 5.32. The van der Waals surface area contributed by atoms with Gasteiger partial charge in [0.2, 0.25) is 0 Å². The van der Waals surface area contributed by atoms with Gasteiger partial charge in [-0.1, -0.05) is 38.1 Å². The number of nitrogens with one attached hydrogen (secondary N) is 1. The lowest BCUT2D eigenvalue weighted by atomic mass is 10.0. The standard InChI is InChI=1S/C17H22N2/c1-12(2)15-7-4-13(3)17(10-15)19-11-14-5-8-16(18)9-6-14/h4-10,12,19H,11,18H2,1-3H3. The van der Waals surface area contributed by atoms with Gasteiger partial charge in [-0.15, -0.1) is 0 Å². The average Bonchev–Trinajstić information content (AvgIpc) is 2.39. The number of aryl methyl sites for hydroxylation is 1. The number of nitrogen functional groups attached to an aromatic ring is 1. The lowest BCUT2D eigenvalue weighted by Gasteiger charge is -2.13. The van der Waals surface area contributed by atoms with E-state index < -0.39 is 0 Å². The van der Waals surface area contributed by atoms with Gasteiger partial charge in [-0.3, -0.25) is 0 Å². The Morgan fingerprint density at radius 3 is 2.37 bits per heavy atom. The summed E-state index contributed by atoms with van der Waals surface area (Å²) in [6.45, 7) is 7.39. The first kappa shape index (κ1) is 13.5. The first-order valence-electron chi connectivity index (χ1n) is 6.75. The van der Waals surface area contributed by atoms with Crippen molar-refractivity contribution in [2.24, 2.45) is 0 Å². The zero-order valence-electron chi connectivity index (χ0n) is 11.9. The van der Waals surface area contributed by atoms with Crippen molar-refractivity contribution in [1.82, 2.24) is 0 Å². The number of rotatable bonds is 4. The summed E-state index contributed by atoms with van der Waals surface area (Å²) in [7, 11) is 0. The van der Waals surface area contributed by atoms with Gasteiger partial charge in [0.05, 0.1) is 0 Å². The molecule has 3 N–H and O–H groups in total. The van der Waals surface area contributed by atoms with E-state index >= 15 is 0 Å². The van der Waals surface area contributed by atoms with Crippen molar-refractivity contribution < 1.29 is 0 Å². The highest BCUT2D eigenvalue weighted by Gasteiger charge is 2.03. The van der Waals surface area contributed by atoms with E-state index in [2.05, 4.69) is 56.4 Å². The summed E-state index contributed by atoms with van der Waals surface area (Å²) < 4.78 is 0. The Labute approximate surface area is 115 Å². The van der Waals surface area contributed by atoms with Crippen LogP contribution in [-0.4, -0.2) is 0 Å². The summed E-state index contributed by atoms with van der Waals surface area (Å²) in [4.78, 5) is 0. The minimum atomic E-state index is 0.553. The second kappa shape index (κ2) is 5.79. The topological polar surface area (TPSA) is 38.0 Å². The normalized spacial score (nSPS) is 10.7. The number of hydrogen-bond acceptors (Lipinski definition) is 2. The van der Waals surface area contributed by atoms with Crippen molar-refractivity contribution in [2.75, 3.05) is 11.1 Å². The highest BCUT2D eigenvalue weighted by atomic mass is 14.9. The fraction of sp³-hybridized carbons (Fsp3) is 0.294. The third kappa shape index (κ3) is 3.50. The molecule has 2 aromatic carbocycles. The molecule has 0 radical (unpaired) electrons. The number of hydrogen-bond donors (Lipinski definition) is 2. The maximum Gasteiger partial charge on any atom is 0.0400 e. The van der Waals surface area contributed by atoms with Crippen LogP contribution in [0.15, 0.2) is 42.5 Å². The van der Waals surface area contributed by atoms with E-state index in [4.69, 9.17) is 5.73 Å². The van der Waals surface area contributed by atoms with Crippen LogP contribution in [0, 0.1) is 6.92 Å². The van der Waals surface area contributed by atoms with Gasteiger partial charge in [0.25, 0.3) is 0 Å². The molecule has 0 amide bonds. The van der Waals surface area contributed by atoms with Crippen LogP contribution in [-0.2, 0) is 6.54 Å².